The molecule has 0 bridgehead atoms. The zero-order valence-corrected chi connectivity index (χ0v) is 11.8. The number of nitrogens with one attached hydrogen (secondary N) is 1. The molecule has 1 aliphatic heterocycles. The van der Waals surface area contributed by atoms with Crippen LogP contribution >= 0.6 is 0 Å². The molecule has 2 aromatic rings. The van der Waals surface area contributed by atoms with Gasteiger partial charge in [0.05, 0.1) is 5.69 Å². The van der Waals surface area contributed by atoms with E-state index in [9.17, 15) is 0 Å². The van der Waals surface area contributed by atoms with Crippen LogP contribution in [0, 0.1) is 0 Å². The number of H-pyrrole nitrogens is 1. The molecule has 0 atom stereocenters. The maximum absolute atomic E-state index is 5.69. The highest BCUT2D eigenvalue weighted by Crippen LogP contribution is 2.36. The van der Waals surface area contributed by atoms with Crippen molar-refractivity contribution < 1.29 is 9.47 Å². The lowest BCUT2D eigenvalue weighted by Crippen LogP contribution is -2.04. The normalized spacial score (nSPS) is 13.2. The van der Waals surface area contributed by atoms with Gasteiger partial charge in [-0.05, 0) is 24.7 Å². The van der Waals surface area contributed by atoms with Gasteiger partial charge in [-0.15, -0.1) is 0 Å². The summed E-state index contributed by atoms with van der Waals surface area (Å²) in [6.07, 6.45) is 0.781. The molecule has 3 rings (SSSR count). The molecule has 0 aliphatic carbocycles. The van der Waals surface area contributed by atoms with E-state index in [1.807, 2.05) is 18.2 Å². The molecule has 2 heterocycles. The van der Waals surface area contributed by atoms with E-state index in [2.05, 4.69) is 18.8 Å². The van der Waals surface area contributed by atoms with Gasteiger partial charge in [0.25, 0.3) is 0 Å². The Balaban J connectivity index is 2.03. The van der Waals surface area contributed by atoms with Crippen molar-refractivity contribution in [3.8, 4) is 22.8 Å². The van der Waals surface area contributed by atoms with Crippen LogP contribution in [0.15, 0.2) is 18.2 Å². The second-order valence-corrected chi connectivity index (χ2v) is 5.21. The number of fused-ring (bicyclic) bond motifs is 1. The average Bonchev–Trinajstić information content (AvgIpc) is 3.04. The lowest BCUT2D eigenvalue weighted by Gasteiger charge is -2.03. The van der Waals surface area contributed by atoms with E-state index in [1.54, 1.807) is 0 Å². The van der Waals surface area contributed by atoms with Gasteiger partial charge in [-0.1, -0.05) is 13.8 Å². The third kappa shape index (κ3) is 2.25. The number of ether oxygens (including phenoxy) is 2. The summed E-state index contributed by atoms with van der Waals surface area (Å²) in [5.41, 5.74) is 8.75. The van der Waals surface area contributed by atoms with E-state index in [0.717, 1.165) is 40.7 Å². The first-order chi connectivity index (χ1) is 9.69. The van der Waals surface area contributed by atoms with Crippen molar-refractivity contribution in [1.82, 2.24) is 9.97 Å². The maximum Gasteiger partial charge on any atom is 0.231 e. The largest absolute Gasteiger partial charge is 0.454 e. The highest BCUT2D eigenvalue weighted by molar-refractivity contribution is 5.66. The summed E-state index contributed by atoms with van der Waals surface area (Å²) in [5, 5.41) is 0. The number of hydrogen-bond donors (Lipinski definition) is 2. The molecule has 0 spiro atoms. The molecule has 1 aromatic heterocycles. The lowest BCUT2D eigenvalue weighted by atomic mass is 10.1. The Morgan fingerprint density at radius 2 is 2.10 bits per heavy atom. The van der Waals surface area contributed by atoms with E-state index < -0.39 is 0 Å². The van der Waals surface area contributed by atoms with Crippen LogP contribution in [-0.4, -0.2) is 23.3 Å². The minimum Gasteiger partial charge on any atom is -0.454 e. The molecule has 1 aromatic carbocycles. The molecule has 20 heavy (non-hydrogen) atoms. The molecule has 0 fully saturated rings. The van der Waals surface area contributed by atoms with Crippen molar-refractivity contribution in [2.24, 2.45) is 5.73 Å². The van der Waals surface area contributed by atoms with Gasteiger partial charge in [0.1, 0.15) is 5.82 Å². The molecule has 1 aliphatic rings. The van der Waals surface area contributed by atoms with Crippen LogP contribution in [0.5, 0.6) is 11.5 Å². The molecule has 5 nitrogen and oxygen atoms in total. The molecule has 0 unspecified atom stereocenters. The summed E-state index contributed by atoms with van der Waals surface area (Å²) >= 11 is 0. The fraction of sp³-hybridized carbons (Fsp3) is 0.400. The Hall–Kier alpha value is -2.01. The Labute approximate surface area is 118 Å². The van der Waals surface area contributed by atoms with Crippen molar-refractivity contribution in [3.05, 3.63) is 29.7 Å². The number of aromatic amines is 1. The van der Waals surface area contributed by atoms with E-state index in [1.165, 1.54) is 0 Å². The summed E-state index contributed by atoms with van der Waals surface area (Å²) < 4.78 is 10.8. The van der Waals surface area contributed by atoms with E-state index in [0.29, 0.717) is 12.5 Å². The minimum absolute atomic E-state index is 0.284. The molecular formula is C15H19N3O2. The maximum atomic E-state index is 5.69. The van der Waals surface area contributed by atoms with Crippen LogP contribution in [0.2, 0.25) is 0 Å². The predicted octanol–water partition coefficient (Wildman–Crippen LogP) is 2.43. The standard InChI is InChI=1S/C15H19N3O2/c1-9(2)15-17-11(5-6-16)14(18-15)10-3-4-12-13(7-10)20-8-19-12/h3-4,7,9H,5-6,8,16H2,1-2H3,(H,17,18). The van der Waals surface area contributed by atoms with Gasteiger partial charge in [-0.25, -0.2) is 4.98 Å². The fourth-order valence-corrected chi connectivity index (χ4v) is 2.31. The highest BCUT2D eigenvalue weighted by Gasteiger charge is 2.18. The van der Waals surface area contributed by atoms with Crippen LogP contribution in [0.3, 0.4) is 0 Å². The number of nitrogens with zero attached hydrogens (tertiary/aromatic N) is 1. The first-order valence-electron chi connectivity index (χ1n) is 6.88. The van der Waals surface area contributed by atoms with Crippen LogP contribution < -0.4 is 15.2 Å². The first kappa shape index (κ1) is 13.0. The van der Waals surface area contributed by atoms with Crippen LogP contribution in [-0.2, 0) is 6.42 Å². The quantitative estimate of drug-likeness (QED) is 0.897. The summed E-state index contributed by atoms with van der Waals surface area (Å²) in [4.78, 5) is 8.10. The van der Waals surface area contributed by atoms with Crippen molar-refractivity contribution >= 4 is 0 Å². The highest BCUT2D eigenvalue weighted by atomic mass is 16.7. The van der Waals surface area contributed by atoms with Crippen molar-refractivity contribution in [3.63, 3.8) is 0 Å². The van der Waals surface area contributed by atoms with Gasteiger partial charge in [0.2, 0.25) is 6.79 Å². The first-order valence-corrected chi connectivity index (χ1v) is 6.88. The van der Waals surface area contributed by atoms with E-state index in [4.69, 9.17) is 20.2 Å². The van der Waals surface area contributed by atoms with Crippen molar-refractivity contribution in [2.75, 3.05) is 13.3 Å². The molecule has 0 saturated heterocycles. The van der Waals surface area contributed by atoms with Gasteiger partial charge < -0.3 is 20.2 Å². The third-order valence-corrected chi connectivity index (χ3v) is 3.38. The van der Waals surface area contributed by atoms with Crippen LogP contribution in [0.4, 0.5) is 0 Å². The monoisotopic (exact) mass is 273 g/mol. The Morgan fingerprint density at radius 1 is 1.30 bits per heavy atom. The molecule has 0 amide bonds. The molecule has 3 N–H and O–H groups in total. The molecule has 5 heteroatoms. The van der Waals surface area contributed by atoms with Crippen LogP contribution in [0.25, 0.3) is 11.3 Å². The van der Waals surface area contributed by atoms with Crippen molar-refractivity contribution in [1.29, 1.82) is 0 Å². The fourth-order valence-electron chi connectivity index (χ4n) is 2.31. The van der Waals surface area contributed by atoms with E-state index >= 15 is 0 Å². The summed E-state index contributed by atoms with van der Waals surface area (Å²) in [6.45, 7) is 5.12. The zero-order chi connectivity index (χ0) is 14.1. The van der Waals surface area contributed by atoms with Gasteiger partial charge in [0, 0.05) is 23.6 Å². The molecule has 106 valence electrons. The number of nitrogens with two attached hydrogens (primary N) is 1. The Bertz CT molecular complexity index is 620. The summed E-state index contributed by atoms with van der Waals surface area (Å²) in [5.74, 6) is 2.90. The average molecular weight is 273 g/mol. The number of benzene rings is 1. The number of aromatic nitrogens is 2. The summed E-state index contributed by atoms with van der Waals surface area (Å²) in [7, 11) is 0. The van der Waals surface area contributed by atoms with Gasteiger partial charge in [-0.2, -0.15) is 0 Å². The topological polar surface area (TPSA) is 73.2 Å². The predicted molar refractivity (Wildman–Crippen MR) is 77.0 cm³/mol. The SMILES string of the molecule is CC(C)c1nc(-c2ccc3c(c2)OCO3)c(CCN)[nH]1. The Kier molecular flexibility index (Phi) is 3.36. The number of imidazole rings is 1. The molecule has 0 radical (unpaired) electrons. The second-order valence-electron chi connectivity index (χ2n) is 5.21. The van der Waals surface area contributed by atoms with E-state index in [-0.39, 0.29) is 6.79 Å². The minimum atomic E-state index is 0.284. The van der Waals surface area contributed by atoms with Gasteiger partial charge in [-0.3, -0.25) is 0 Å². The van der Waals surface area contributed by atoms with Gasteiger partial charge >= 0.3 is 0 Å². The Morgan fingerprint density at radius 3 is 2.85 bits per heavy atom. The molecule has 0 saturated carbocycles. The zero-order valence-electron chi connectivity index (χ0n) is 11.8. The summed E-state index contributed by atoms with van der Waals surface area (Å²) in [6, 6.07) is 5.91. The van der Waals surface area contributed by atoms with Crippen LogP contribution in [0.1, 0.15) is 31.3 Å². The lowest BCUT2D eigenvalue weighted by molar-refractivity contribution is 0.174. The smallest absolute Gasteiger partial charge is 0.231 e. The number of rotatable bonds is 4. The van der Waals surface area contributed by atoms with Gasteiger partial charge in [0.15, 0.2) is 11.5 Å². The second kappa shape index (κ2) is 5.17. The molecular weight excluding hydrogens is 254 g/mol. The van der Waals surface area contributed by atoms with Crippen molar-refractivity contribution in [2.45, 2.75) is 26.2 Å². The number of hydrogen-bond acceptors (Lipinski definition) is 4. The third-order valence-electron chi connectivity index (χ3n) is 3.38.